The number of nitrogens with zero attached hydrogens (tertiary/aromatic N) is 5. The van der Waals surface area contributed by atoms with Crippen molar-refractivity contribution in [3.8, 4) is 5.88 Å². The van der Waals surface area contributed by atoms with E-state index >= 15 is 0 Å². The number of carbonyl (C=O) groups excluding carboxylic acids is 1. The number of anilines is 1. The summed E-state index contributed by atoms with van der Waals surface area (Å²) in [6.45, 7) is 3.11. The average Bonchev–Trinajstić information content (AvgIpc) is 3.26. The van der Waals surface area contributed by atoms with Gasteiger partial charge in [-0.25, -0.2) is 9.97 Å². The summed E-state index contributed by atoms with van der Waals surface area (Å²) in [5, 5.41) is 2.73. The molecule has 40 heavy (non-hydrogen) atoms. The van der Waals surface area contributed by atoms with Gasteiger partial charge in [0.05, 0.1) is 48.1 Å². The number of aromatic nitrogens is 4. The molecule has 0 spiro atoms. The minimum Gasteiger partial charge on any atom is -0.477 e. The fourth-order valence-corrected chi connectivity index (χ4v) is 5.18. The largest absolute Gasteiger partial charge is 0.477 e. The number of hydrogen-bond acceptors (Lipinski definition) is 8. The number of pyridine rings is 1. The van der Waals surface area contributed by atoms with Crippen molar-refractivity contribution in [2.45, 2.75) is 45.0 Å². The molecular formula is C25H26F6N6O2S. The third-order valence-corrected chi connectivity index (χ3v) is 7.21. The van der Waals surface area contributed by atoms with Gasteiger partial charge in [-0.2, -0.15) is 30.7 Å². The lowest BCUT2D eigenvalue weighted by Gasteiger charge is -2.32. The third-order valence-electron chi connectivity index (χ3n) is 6.27. The number of carbonyl (C=O) groups is 1. The molecule has 0 unspecified atom stereocenters. The molecule has 1 N–H and O–H groups in total. The molecule has 0 bridgehead atoms. The lowest BCUT2D eigenvalue weighted by atomic mass is 9.99. The van der Waals surface area contributed by atoms with Crippen LogP contribution >= 0.6 is 11.5 Å². The molecule has 0 saturated carbocycles. The quantitative estimate of drug-likeness (QED) is 0.328. The number of likely N-dealkylation sites (tertiary alicyclic amines) is 1. The normalized spacial score (nSPS) is 16.6. The summed E-state index contributed by atoms with van der Waals surface area (Å²) in [7, 11) is 0. The zero-order chi connectivity index (χ0) is 28.9. The Balaban J connectivity index is 1.30. The number of hydrogen-bond donors (Lipinski definition) is 1. The van der Waals surface area contributed by atoms with Crippen LogP contribution in [0.5, 0.6) is 5.88 Å². The minimum absolute atomic E-state index is 0.0226. The summed E-state index contributed by atoms with van der Waals surface area (Å²) in [5.74, 6) is -0.0527. The van der Waals surface area contributed by atoms with E-state index in [1.54, 1.807) is 24.0 Å². The zero-order valence-corrected chi connectivity index (χ0v) is 22.2. The Morgan fingerprint density at radius 1 is 1.12 bits per heavy atom. The van der Waals surface area contributed by atoms with Crippen LogP contribution in [-0.4, -0.2) is 62.6 Å². The first-order valence-corrected chi connectivity index (χ1v) is 13.2. The summed E-state index contributed by atoms with van der Waals surface area (Å²) in [4.78, 5) is 26.7. The van der Waals surface area contributed by atoms with Crippen molar-refractivity contribution in [2.24, 2.45) is 5.92 Å². The molecule has 3 aromatic rings. The second-order valence-electron chi connectivity index (χ2n) is 9.46. The lowest BCUT2D eigenvalue weighted by Crippen LogP contribution is -2.39. The maximum absolute atomic E-state index is 13.0. The van der Waals surface area contributed by atoms with Crippen molar-refractivity contribution in [1.82, 2.24) is 24.2 Å². The highest BCUT2D eigenvalue weighted by Gasteiger charge is 2.33. The summed E-state index contributed by atoms with van der Waals surface area (Å²) < 4.78 is 85.7. The zero-order valence-electron chi connectivity index (χ0n) is 21.3. The molecule has 1 aliphatic heterocycles. The number of halogens is 6. The van der Waals surface area contributed by atoms with Crippen LogP contribution in [0.25, 0.3) is 0 Å². The van der Waals surface area contributed by atoms with E-state index in [0.29, 0.717) is 53.6 Å². The third kappa shape index (κ3) is 8.34. The number of piperidine rings is 1. The van der Waals surface area contributed by atoms with Crippen molar-refractivity contribution in [1.29, 1.82) is 0 Å². The average molecular weight is 589 g/mol. The van der Waals surface area contributed by atoms with E-state index < -0.39 is 30.4 Å². The standard InChI is InChI=1S/C25H26F6N6O2S/c1-15-22(19(40-36-15)9-18-11-33-20(12-32-18)25(29,30)31)23(38)35-17-4-5-21(34-10-17)39-14-16-3-2-7-37(13-16)8-6-24(26,27)28/h4-5,10-12,16H,2-3,6-9,13-14H2,1H3,(H,35,38)/t16-/m0/s1. The number of aryl methyl sites for hydroxylation is 1. The highest BCUT2D eigenvalue weighted by Crippen LogP contribution is 2.28. The van der Waals surface area contributed by atoms with Gasteiger partial charge in [-0.05, 0) is 43.9 Å². The van der Waals surface area contributed by atoms with Gasteiger partial charge in [0.25, 0.3) is 5.91 Å². The molecule has 1 fully saturated rings. The van der Waals surface area contributed by atoms with Crippen molar-refractivity contribution in [3.05, 3.63) is 58.2 Å². The molecule has 8 nitrogen and oxygen atoms in total. The molecular weight excluding hydrogens is 562 g/mol. The van der Waals surface area contributed by atoms with Gasteiger partial charge in [0.2, 0.25) is 5.88 Å². The van der Waals surface area contributed by atoms with Crippen LogP contribution in [0.4, 0.5) is 32.0 Å². The molecule has 4 rings (SSSR count). The maximum atomic E-state index is 13.0. The topological polar surface area (TPSA) is 93.1 Å². The van der Waals surface area contributed by atoms with E-state index in [4.69, 9.17) is 4.74 Å². The highest BCUT2D eigenvalue weighted by molar-refractivity contribution is 7.06. The number of nitrogens with one attached hydrogen (secondary N) is 1. The highest BCUT2D eigenvalue weighted by atomic mass is 32.1. The van der Waals surface area contributed by atoms with E-state index in [-0.39, 0.29) is 24.6 Å². The number of alkyl halides is 6. The van der Waals surface area contributed by atoms with E-state index in [0.717, 1.165) is 30.6 Å². The SMILES string of the molecule is Cc1nsc(Cc2cnc(C(F)(F)F)cn2)c1C(=O)Nc1ccc(OC[C@H]2CCCN(CCC(F)(F)F)C2)nc1. The molecule has 15 heteroatoms. The monoisotopic (exact) mass is 588 g/mol. The van der Waals surface area contributed by atoms with Gasteiger partial charge in [-0.1, -0.05) is 0 Å². The first-order valence-electron chi connectivity index (χ1n) is 12.4. The van der Waals surface area contributed by atoms with Crippen molar-refractivity contribution in [3.63, 3.8) is 0 Å². The van der Waals surface area contributed by atoms with Crippen molar-refractivity contribution < 1.29 is 35.9 Å². The molecule has 0 aromatic carbocycles. The van der Waals surface area contributed by atoms with Crippen molar-refractivity contribution in [2.75, 3.05) is 31.6 Å². The number of rotatable bonds is 9. The van der Waals surface area contributed by atoms with E-state index in [1.807, 2.05) is 0 Å². The molecule has 0 aliphatic carbocycles. The molecule has 4 heterocycles. The molecule has 1 aliphatic rings. The van der Waals surface area contributed by atoms with Gasteiger partial charge in [-0.3, -0.25) is 9.78 Å². The Hall–Kier alpha value is -3.33. The predicted molar refractivity (Wildman–Crippen MR) is 134 cm³/mol. The minimum atomic E-state index is -4.59. The Bertz CT molecular complexity index is 1280. The fourth-order valence-electron chi connectivity index (χ4n) is 4.30. The molecule has 216 valence electrons. The summed E-state index contributed by atoms with van der Waals surface area (Å²) in [6, 6.07) is 3.18. The van der Waals surface area contributed by atoms with Crippen LogP contribution in [0.15, 0.2) is 30.7 Å². The number of amides is 1. The Kier molecular flexibility index (Phi) is 9.23. The molecule has 3 aromatic heterocycles. The van der Waals surface area contributed by atoms with Gasteiger partial charge in [-0.15, -0.1) is 0 Å². The molecule has 1 amide bonds. The second-order valence-corrected chi connectivity index (χ2v) is 10.3. The summed E-state index contributed by atoms with van der Waals surface area (Å²) in [5.41, 5.74) is 0.298. The van der Waals surface area contributed by atoms with Crippen LogP contribution in [0.3, 0.4) is 0 Å². The van der Waals surface area contributed by atoms with Gasteiger partial charge >= 0.3 is 12.4 Å². The summed E-state index contributed by atoms with van der Waals surface area (Å²) >= 11 is 1.05. The van der Waals surface area contributed by atoms with Crippen LogP contribution < -0.4 is 10.1 Å². The Morgan fingerprint density at radius 3 is 2.58 bits per heavy atom. The molecule has 0 radical (unpaired) electrons. The van der Waals surface area contributed by atoms with Crippen LogP contribution in [0.2, 0.25) is 0 Å². The van der Waals surface area contributed by atoms with Gasteiger partial charge in [0, 0.05) is 42.6 Å². The first-order chi connectivity index (χ1) is 18.9. The second kappa shape index (κ2) is 12.5. The van der Waals surface area contributed by atoms with Crippen molar-refractivity contribution >= 4 is 23.1 Å². The smallest absolute Gasteiger partial charge is 0.434 e. The Labute approximate surface area is 230 Å². The van der Waals surface area contributed by atoms with Gasteiger partial charge < -0.3 is 15.0 Å². The predicted octanol–water partition coefficient (Wildman–Crippen LogP) is 5.54. The molecule has 1 saturated heterocycles. The van der Waals surface area contributed by atoms with E-state index in [1.165, 1.54) is 6.20 Å². The van der Waals surface area contributed by atoms with Crippen LogP contribution in [-0.2, 0) is 12.6 Å². The van der Waals surface area contributed by atoms with E-state index in [9.17, 15) is 31.1 Å². The maximum Gasteiger partial charge on any atom is 0.434 e. The van der Waals surface area contributed by atoms with Crippen LogP contribution in [0, 0.1) is 12.8 Å². The van der Waals surface area contributed by atoms with E-state index in [2.05, 4.69) is 24.6 Å². The lowest BCUT2D eigenvalue weighted by molar-refractivity contribution is -0.141. The number of ether oxygens (including phenoxy) is 1. The Morgan fingerprint density at radius 2 is 1.93 bits per heavy atom. The van der Waals surface area contributed by atoms with Crippen LogP contribution in [0.1, 0.15) is 51.6 Å². The molecule has 1 atom stereocenters. The first kappa shape index (κ1) is 29.6. The van der Waals surface area contributed by atoms with Gasteiger partial charge in [0.15, 0.2) is 5.69 Å². The van der Waals surface area contributed by atoms with Gasteiger partial charge in [0.1, 0.15) is 0 Å². The fraction of sp³-hybridized carbons (Fsp3) is 0.480. The summed E-state index contributed by atoms with van der Waals surface area (Å²) in [6.07, 6.45) is -4.78.